The van der Waals surface area contributed by atoms with Crippen molar-refractivity contribution in [2.45, 2.75) is 25.8 Å². The van der Waals surface area contributed by atoms with Crippen molar-refractivity contribution in [2.75, 3.05) is 24.5 Å². The highest BCUT2D eigenvalue weighted by molar-refractivity contribution is 7.14. The molecule has 1 aromatic rings. The first-order chi connectivity index (χ1) is 8.29. The lowest BCUT2D eigenvalue weighted by atomic mass is 10.1. The lowest BCUT2D eigenvalue weighted by molar-refractivity contribution is 0.466. The van der Waals surface area contributed by atoms with Crippen molar-refractivity contribution in [3.8, 4) is 0 Å². The number of hydrogen-bond donors (Lipinski definition) is 2. The molecule has 0 aliphatic carbocycles. The van der Waals surface area contributed by atoms with E-state index in [9.17, 15) is 0 Å². The summed E-state index contributed by atoms with van der Waals surface area (Å²) in [7, 11) is 0. The molecule has 1 aliphatic rings. The SMILES string of the molecule is CCN=C(N)NC1CCN(c2cccs2)CC1. The van der Waals surface area contributed by atoms with Gasteiger partial charge in [0.1, 0.15) is 0 Å². The van der Waals surface area contributed by atoms with Gasteiger partial charge in [-0.25, -0.2) is 0 Å². The molecular weight excluding hydrogens is 232 g/mol. The van der Waals surface area contributed by atoms with Crippen molar-refractivity contribution in [2.24, 2.45) is 10.7 Å². The number of nitrogens with two attached hydrogens (primary N) is 1. The number of rotatable bonds is 3. The van der Waals surface area contributed by atoms with E-state index in [0.29, 0.717) is 12.0 Å². The number of thiophene rings is 1. The predicted octanol–water partition coefficient (Wildman–Crippen LogP) is 1.64. The number of nitrogens with one attached hydrogen (secondary N) is 1. The standard InChI is InChI=1S/C12H20N4S/c1-2-14-12(13)15-10-5-7-16(8-6-10)11-4-3-9-17-11/h3-4,9-10H,2,5-8H2,1H3,(H3,13,14,15). The molecule has 0 amide bonds. The van der Waals surface area contributed by atoms with Gasteiger partial charge in [-0.2, -0.15) is 0 Å². The molecule has 0 spiro atoms. The number of nitrogens with zero attached hydrogens (tertiary/aromatic N) is 2. The van der Waals surface area contributed by atoms with Gasteiger partial charge in [0.15, 0.2) is 5.96 Å². The first-order valence-corrected chi connectivity index (χ1v) is 7.02. The van der Waals surface area contributed by atoms with Crippen LogP contribution in [-0.4, -0.2) is 31.6 Å². The monoisotopic (exact) mass is 252 g/mol. The van der Waals surface area contributed by atoms with Crippen LogP contribution in [0, 0.1) is 0 Å². The summed E-state index contributed by atoms with van der Waals surface area (Å²) in [6, 6.07) is 4.77. The first-order valence-electron chi connectivity index (χ1n) is 6.14. The van der Waals surface area contributed by atoms with E-state index in [-0.39, 0.29) is 0 Å². The molecule has 0 aromatic carbocycles. The lowest BCUT2D eigenvalue weighted by Crippen LogP contribution is -2.47. The molecule has 1 aliphatic heterocycles. The Kier molecular flexibility index (Phi) is 4.25. The summed E-state index contributed by atoms with van der Waals surface area (Å²) in [5.41, 5.74) is 5.77. The first kappa shape index (κ1) is 12.2. The molecule has 4 nitrogen and oxygen atoms in total. The number of anilines is 1. The normalized spacial score (nSPS) is 18.4. The van der Waals surface area contributed by atoms with E-state index < -0.39 is 0 Å². The van der Waals surface area contributed by atoms with Crippen LogP contribution in [0.2, 0.25) is 0 Å². The fraction of sp³-hybridized carbons (Fsp3) is 0.583. The number of piperidine rings is 1. The molecule has 1 aromatic heterocycles. The molecule has 0 atom stereocenters. The maximum absolute atomic E-state index is 5.77. The topological polar surface area (TPSA) is 53.6 Å². The zero-order valence-corrected chi connectivity index (χ0v) is 11.0. The Bertz CT molecular complexity index is 353. The van der Waals surface area contributed by atoms with E-state index in [1.54, 1.807) is 0 Å². The van der Waals surface area contributed by atoms with E-state index >= 15 is 0 Å². The molecular formula is C12H20N4S. The molecule has 17 heavy (non-hydrogen) atoms. The van der Waals surface area contributed by atoms with Crippen LogP contribution >= 0.6 is 11.3 Å². The lowest BCUT2D eigenvalue weighted by Gasteiger charge is -2.33. The van der Waals surface area contributed by atoms with Crippen molar-refractivity contribution in [1.29, 1.82) is 0 Å². The summed E-state index contributed by atoms with van der Waals surface area (Å²) in [5, 5.41) is 6.79. The van der Waals surface area contributed by atoms with Gasteiger partial charge in [-0.1, -0.05) is 0 Å². The van der Waals surface area contributed by atoms with E-state index in [1.807, 2.05) is 18.3 Å². The Hall–Kier alpha value is -1.23. The van der Waals surface area contributed by atoms with Gasteiger partial charge in [-0.05, 0) is 37.3 Å². The van der Waals surface area contributed by atoms with Crippen LogP contribution < -0.4 is 16.0 Å². The summed E-state index contributed by atoms with van der Waals surface area (Å²) in [5.74, 6) is 0.585. The second-order valence-electron chi connectivity index (χ2n) is 4.22. The molecule has 2 rings (SSSR count). The fourth-order valence-corrected chi connectivity index (χ4v) is 2.90. The molecule has 3 N–H and O–H groups in total. The third-order valence-electron chi connectivity index (χ3n) is 2.99. The van der Waals surface area contributed by atoms with E-state index in [4.69, 9.17) is 5.73 Å². The largest absolute Gasteiger partial charge is 0.370 e. The Balaban J connectivity index is 1.80. The van der Waals surface area contributed by atoms with Gasteiger partial charge in [-0.15, -0.1) is 11.3 Å². The zero-order valence-electron chi connectivity index (χ0n) is 10.2. The Morgan fingerprint density at radius 2 is 2.35 bits per heavy atom. The molecule has 1 saturated heterocycles. The van der Waals surface area contributed by atoms with Gasteiger partial charge >= 0.3 is 0 Å². The van der Waals surface area contributed by atoms with Crippen LogP contribution in [0.25, 0.3) is 0 Å². The summed E-state index contributed by atoms with van der Waals surface area (Å²) in [6.45, 7) is 4.93. The minimum atomic E-state index is 0.474. The van der Waals surface area contributed by atoms with Gasteiger partial charge in [0.25, 0.3) is 0 Å². The highest BCUT2D eigenvalue weighted by Crippen LogP contribution is 2.24. The highest BCUT2D eigenvalue weighted by Gasteiger charge is 2.19. The molecule has 0 bridgehead atoms. The van der Waals surface area contributed by atoms with Gasteiger partial charge in [0.05, 0.1) is 5.00 Å². The second kappa shape index (κ2) is 5.91. The zero-order chi connectivity index (χ0) is 12.1. The summed E-state index contributed by atoms with van der Waals surface area (Å²) in [6.07, 6.45) is 2.25. The third-order valence-corrected chi connectivity index (χ3v) is 3.92. The van der Waals surface area contributed by atoms with Crippen molar-refractivity contribution in [3.63, 3.8) is 0 Å². The number of guanidine groups is 1. The van der Waals surface area contributed by atoms with Gasteiger partial charge < -0.3 is 16.0 Å². The maximum Gasteiger partial charge on any atom is 0.188 e. The number of aliphatic imine (C=N–C) groups is 1. The molecule has 0 saturated carbocycles. The van der Waals surface area contributed by atoms with Crippen molar-refractivity contribution in [1.82, 2.24) is 5.32 Å². The fourth-order valence-electron chi connectivity index (χ4n) is 2.12. The molecule has 5 heteroatoms. The average molecular weight is 252 g/mol. The maximum atomic E-state index is 5.77. The molecule has 2 heterocycles. The van der Waals surface area contributed by atoms with Gasteiger partial charge in [0, 0.05) is 25.7 Å². The Labute approximate surface area is 107 Å². The van der Waals surface area contributed by atoms with Crippen molar-refractivity contribution in [3.05, 3.63) is 17.5 Å². The summed E-state index contributed by atoms with van der Waals surface area (Å²) >= 11 is 1.81. The van der Waals surface area contributed by atoms with Crippen LogP contribution in [0.5, 0.6) is 0 Å². The second-order valence-corrected chi connectivity index (χ2v) is 5.14. The van der Waals surface area contributed by atoms with Crippen LogP contribution in [0.3, 0.4) is 0 Å². The predicted molar refractivity (Wildman–Crippen MR) is 74.9 cm³/mol. The molecule has 0 unspecified atom stereocenters. The average Bonchev–Trinajstić information content (AvgIpc) is 2.84. The highest BCUT2D eigenvalue weighted by atomic mass is 32.1. The molecule has 1 fully saturated rings. The van der Waals surface area contributed by atoms with E-state index in [2.05, 4.69) is 32.7 Å². The minimum Gasteiger partial charge on any atom is -0.370 e. The van der Waals surface area contributed by atoms with Crippen LogP contribution in [0.15, 0.2) is 22.5 Å². The summed E-state index contributed by atoms with van der Waals surface area (Å²) < 4.78 is 0. The van der Waals surface area contributed by atoms with Crippen LogP contribution in [-0.2, 0) is 0 Å². The van der Waals surface area contributed by atoms with Crippen molar-refractivity contribution >= 4 is 22.3 Å². The van der Waals surface area contributed by atoms with Crippen LogP contribution in [0.4, 0.5) is 5.00 Å². The van der Waals surface area contributed by atoms with Gasteiger partial charge in [0.2, 0.25) is 0 Å². The summed E-state index contributed by atoms with van der Waals surface area (Å²) in [4.78, 5) is 6.60. The smallest absolute Gasteiger partial charge is 0.188 e. The minimum absolute atomic E-state index is 0.474. The molecule has 94 valence electrons. The van der Waals surface area contributed by atoms with E-state index in [1.165, 1.54) is 5.00 Å². The molecule has 0 radical (unpaired) electrons. The van der Waals surface area contributed by atoms with Crippen LogP contribution in [0.1, 0.15) is 19.8 Å². The van der Waals surface area contributed by atoms with Crippen molar-refractivity contribution < 1.29 is 0 Å². The quantitative estimate of drug-likeness (QED) is 0.635. The Morgan fingerprint density at radius 3 is 2.94 bits per heavy atom. The van der Waals surface area contributed by atoms with Gasteiger partial charge in [-0.3, -0.25) is 4.99 Å². The van der Waals surface area contributed by atoms with E-state index in [0.717, 1.165) is 32.5 Å². The Morgan fingerprint density at radius 1 is 1.59 bits per heavy atom. The number of hydrogen-bond acceptors (Lipinski definition) is 3. The third kappa shape index (κ3) is 3.36.